The van der Waals surface area contributed by atoms with Crippen LogP contribution in [-0.4, -0.2) is 31.3 Å². The van der Waals surface area contributed by atoms with Gasteiger partial charge in [-0.2, -0.15) is 0 Å². The number of benzene rings is 1. The molecule has 16 heavy (non-hydrogen) atoms. The minimum absolute atomic E-state index is 0.255. The second-order valence-corrected chi connectivity index (χ2v) is 4.15. The van der Waals surface area contributed by atoms with Crippen LogP contribution < -0.4 is 0 Å². The number of rotatable bonds is 4. The molecular weight excluding hydrogens is 226 g/mol. The molecule has 1 aromatic carbocycles. The van der Waals surface area contributed by atoms with Crippen LogP contribution in [0, 0.1) is 0 Å². The van der Waals surface area contributed by atoms with Crippen LogP contribution in [0.5, 0.6) is 0 Å². The van der Waals surface area contributed by atoms with E-state index in [0.717, 1.165) is 10.2 Å². The molecule has 0 saturated carbocycles. The zero-order valence-electron chi connectivity index (χ0n) is 8.80. The van der Waals surface area contributed by atoms with Gasteiger partial charge in [-0.3, -0.25) is 0 Å². The number of para-hydroxylation sites is 1. The molecule has 5 heteroatoms. The number of hydrogen-bond donors (Lipinski definition) is 0. The summed E-state index contributed by atoms with van der Waals surface area (Å²) in [5.74, 6) is -0.391. The summed E-state index contributed by atoms with van der Waals surface area (Å²) in [7, 11) is 1.56. The van der Waals surface area contributed by atoms with Gasteiger partial charge < -0.3 is 9.47 Å². The number of fused-ring (bicyclic) bond motifs is 1. The average Bonchev–Trinajstić information content (AvgIpc) is 2.73. The van der Waals surface area contributed by atoms with Gasteiger partial charge in [-0.05, 0) is 12.1 Å². The zero-order valence-corrected chi connectivity index (χ0v) is 9.62. The van der Waals surface area contributed by atoms with Gasteiger partial charge in [-0.1, -0.05) is 12.1 Å². The number of nitrogens with zero attached hydrogens (tertiary/aromatic N) is 1. The molecule has 84 valence electrons. The number of hydrogen-bond acceptors (Lipinski definition) is 5. The summed E-state index contributed by atoms with van der Waals surface area (Å²) >= 11 is 1.34. The van der Waals surface area contributed by atoms with Crippen molar-refractivity contribution in [2.75, 3.05) is 20.3 Å². The number of methoxy groups -OCH3 is 1. The minimum Gasteiger partial charge on any atom is -0.458 e. The van der Waals surface area contributed by atoms with E-state index in [4.69, 9.17) is 9.47 Å². The van der Waals surface area contributed by atoms with Crippen LogP contribution >= 0.6 is 11.3 Å². The molecule has 0 bridgehead atoms. The standard InChI is InChI=1S/C11H11NO3S/c1-14-6-7-15-11(13)10-12-8-4-2-3-5-9(8)16-10/h2-5H,6-7H2,1H3. The van der Waals surface area contributed by atoms with Crippen molar-refractivity contribution in [3.63, 3.8) is 0 Å². The van der Waals surface area contributed by atoms with Crippen molar-refractivity contribution in [1.82, 2.24) is 4.98 Å². The summed E-state index contributed by atoms with van der Waals surface area (Å²) < 4.78 is 10.8. The van der Waals surface area contributed by atoms with Crippen LogP contribution in [0.4, 0.5) is 0 Å². The Hall–Kier alpha value is -1.46. The van der Waals surface area contributed by atoms with Crippen molar-refractivity contribution < 1.29 is 14.3 Å². The lowest BCUT2D eigenvalue weighted by Crippen LogP contribution is -2.09. The first-order valence-electron chi connectivity index (χ1n) is 4.83. The molecule has 0 fully saturated rings. The van der Waals surface area contributed by atoms with Crippen LogP contribution in [0.2, 0.25) is 0 Å². The molecule has 0 aliphatic heterocycles. The van der Waals surface area contributed by atoms with Crippen LogP contribution in [0.25, 0.3) is 10.2 Å². The summed E-state index contributed by atoms with van der Waals surface area (Å²) in [6.45, 7) is 0.655. The Morgan fingerprint density at radius 2 is 2.19 bits per heavy atom. The van der Waals surface area contributed by atoms with E-state index in [1.165, 1.54) is 11.3 Å². The Morgan fingerprint density at radius 1 is 1.38 bits per heavy atom. The Balaban J connectivity index is 2.11. The molecule has 0 N–H and O–H groups in total. The van der Waals surface area contributed by atoms with Crippen molar-refractivity contribution in [2.24, 2.45) is 0 Å². The smallest absolute Gasteiger partial charge is 0.367 e. The highest BCUT2D eigenvalue weighted by Crippen LogP contribution is 2.21. The number of carbonyl (C=O) groups is 1. The molecule has 0 spiro atoms. The molecule has 0 aliphatic carbocycles. The molecule has 0 atom stereocenters. The largest absolute Gasteiger partial charge is 0.458 e. The highest BCUT2D eigenvalue weighted by Gasteiger charge is 2.12. The first-order valence-corrected chi connectivity index (χ1v) is 5.64. The van der Waals surface area contributed by atoms with Gasteiger partial charge >= 0.3 is 5.97 Å². The molecule has 4 nitrogen and oxygen atoms in total. The first kappa shape index (κ1) is 11.0. The molecule has 0 radical (unpaired) electrons. The second-order valence-electron chi connectivity index (χ2n) is 3.12. The fourth-order valence-electron chi connectivity index (χ4n) is 1.24. The highest BCUT2D eigenvalue weighted by atomic mass is 32.1. The molecule has 1 aromatic heterocycles. The second kappa shape index (κ2) is 5.05. The van der Waals surface area contributed by atoms with Gasteiger partial charge in [0.2, 0.25) is 5.01 Å². The van der Waals surface area contributed by atoms with Crippen LogP contribution in [0.3, 0.4) is 0 Å². The zero-order chi connectivity index (χ0) is 11.4. The quantitative estimate of drug-likeness (QED) is 0.603. The third kappa shape index (κ3) is 2.37. The van der Waals surface area contributed by atoms with Gasteiger partial charge in [0.15, 0.2) is 0 Å². The van der Waals surface area contributed by atoms with Crippen molar-refractivity contribution in [3.8, 4) is 0 Å². The number of ether oxygens (including phenoxy) is 2. The third-order valence-corrected chi connectivity index (χ3v) is 3.01. The maximum Gasteiger partial charge on any atom is 0.367 e. The molecule has 2 rings (SSSR count). The Kier molecular flexibility index (Phi) is 3.48. The summed E-state index contributed by atoms with van der Waals surface area (Å²) in [6.07, 6.45) is 0. The molecule has 0 amide bonds. The normalized spacial score (nSPS) is 10.6. The lowest BCUT2D eigenvalue weighted by atomic mass is 10.3. The van der Waals surface area contributed by atoms with Gasteiger partial charge in [0.1, 0.15) is 6.61 Å². The van der Waals surface area contributed by atoms with E-state index in [1.807, 2.05) is 24.3 Å². The van der Waals surface area contributed by atoms with Crippen molar-refractivity contribution >= 4 is 27.5 Å². The van der Waals surface area contributed by atoms with Gasteiger partial charge in [0.05, 0.1) is 16.8 Å². The van der Waals surface area contributed by atoms with E-state index in [9.17, 15) is 4.79 Å². The predicted molar refractivity (Wildman–Crippen MR) is 61.8 cm³/mol. The predicted octanol–water partition coefficient (Wildman–Crippen LogP) is 2.10. The minimum atomic E-state index is -0.391. The van der Waals surface area contributed by atoms with E-state index < -0.39 is 5.97 Å². The van der Waals surface area contributed by atoms with Crippen molar-refractivity contribution in [1.29, 1.82) is 0 Å². The lowest BCUT2D eigenvalue weighted by Gasteiger charge is -2.00. The summed E-state index contributed by atoms with van der Waals surface area (Å²) in [5.41, 5.74) is 0.825. The van der Waals surface area contributed by atoms with Crippen molar-refractivity contribution in [2.45, 2.75) is 0 Å². The molecule has 0 saturated heterocycles. The number of aromatic nitrogens is 1. The summed E-state index contributed by atoms with van der Waals surface area (Å²) in [5, 5.41) is 0.386. The maximum atomic E-state index is 11.6. The topological polar surface area (TPSA) is 48.4 Å². The van der Waals surface area contributed by atoms with Gasteiger partial charge in [-0.15, -0.1) is 11.3 Å². The van der Waals surface area contributed by atoms with Crippen LogP contribution in [0.15, 0.2) is 24.3 Å². The summed E-state index contributed by atoms with van der Waals surface area (Å²) in [4.78, 5) is 15.8. The van der Waals surface area contributed by atoms with Gasteiger partial charge in [0, 0.05) is 7.11 Å². The van der Waals surface area contributed by atoms with E-state index in [2.05, 4.69) is 4.98 Å². The number of carbonyl (C=O) groups excluding carboxylic acids is 1. The average molecular weight is 237 g/mol. The first-order chi connectivity index (χ1) is 7.81. The van der Waals surface area contributed by atoms with E-state index in [-0.39, 0.29) is 6.61 Å². The van der Waals surface area contributed by atoms with Gasteiger partial charge in [0.25, 0.3) is 0 Å². The highest BCUT2D eigenvalue weighted by molar-refractivity contribution is 7.20. The van der Waals surface area contributed by atoms with Crippen molar-refractivity contribution in [3.05, 3.63) is 29.3 Å². The molecule has 1 heterocycles. The fourth-order valence-corrected chi connectivity index (χ4v) is 2.10. The van der Waals surface area contributed by atoms with E-state index in [0.29, 0.717) is 11.6 Å². The summed E-state index contributed by atoms with van der Waals surface area (Å²) in [6, 6.07) is 7.61. The van der Waals surface area contributed by atoms with Crippen LogP contribution in [-0.2, 0) is 9.47 Å². The Labute approximate surface area is 96.8 Å². The monoisotopic (exact) mass is 237 g/mol. The molecule has 0 aliphatic rings. The molecule has 2 aromatic rings. The fraction of sp³-hybridized carbons (Fsp3) is 0.273. The SMILES string of the molecule is COCCOC(=O)c1nc2ccccc2s1. The Morgan fingerprint density at radius 3 is 2.94 bits per heavy atom. The van der Waals surface area contributed by atoms with E-state index >= 15 is 0 Å². The lowest BCUT2D eigenvalue weighted by molar-refractivity contribution is 0.0388. The third-order valence-electron chi connectivity index (χ3n) is 1.99. The Bertz CT molecular complexity index is 462. The molecule has 0 unspecified atom stereocenters. The number of esters is 1. The number of thiazole rings is 1. The van der Waals surface area contributed by atoms with E-state index in [1.54, 1.807) is 7.11 Å². The van der Waals surface area contributed by atoms with Crippen LogP contribution in [0.1, 0.15) is 9.80 Å². The maximum absolute atomic E-state index is 11.6. The molecular formula is C11H11NO3S. The van der Waals surface area contributed by atoms with Gasteiger partial charge in [-0.25, -0.2) is 9.78 Å².